The molecule has 0 amide bonds. The summed E-state index contributed by atoms with van der Waals surface area (Å²) < 4.78 is 14.1. The zero-order valence-electron chi connectivity index (χ0n) is 13.1. The number of anilines is 1. The van der Waals surface area contributed by atoms with Crippen LogP contribution < -0.4 is 10.2 Å². The van der Waals surface area contributed by atoms with E-state index in [1.54, 1.807) is 6.07 Å². The molecule has 6 heteroatoms. The molecule has 0 aromatic heterocycles. The van der Waals surface area contributed by atoms with Gasteiger partial charge in [0.2, 0.25) is 0 Å². The van der Waals surface area contributed by atoms with Crippen molar-refractivity contribution in [2.75, 3.05) is 31.1 Å². The molecule has 0 radical (unpaired) electrons. The van der Waals surface area contributed by atoms with E-state index in [2.05, 4.69) is 5.32 Å². The third-order valence-corrected chi connectivity index (χ3v) is 6.08. The Morgan fingerprint density at radius 3 is 2.43 bits per heavy atom. The van der Waals surface area contributed by atoms with E-state index in [4.69, 9.17) is 0 Å². The molecule has 3 fully saturated rings. The molecule has 1 saturated carbocycles. The molecule has 0 unspecified atom stereocenters. The summed E-state index contributed by atoms with van der Waals surface area (Å²) in [5.74, 6) is 1.13. The Kier molecular flexibility index (Phi) is 3.52. The van der Waals surface area contributed by atoms with Gasteiger partial charge in [0.05, 0.1) is 16.7 Å². The Morgan fingerprint density at radius 1 is 1.22 bits per heavy atom. The fourth-order valence-corrected chi connectivity index (χ4v) is 4.63. The van der Waals surface area contributed by atoms with Gasteiger partial charge in [-0.25, -0.2) is 4.39 Å². The standard InChI is InChI=1S/C17H22FN3O2/c18-15-7-14(21(22)23)1-2-16(15)20-5-3-12(4-6-20)13-8-17(9-13)10-19-11-17/h1-2,7,12-13,19H,3-6,8-11H2. The SMILES string of the molecule is O=[N+]([O-])c1ccc(N2CCC(C3CC4(CNC4)C3)CC2)c(F)c1. The second-order valence-electron chi connectivity index (χ2n) is 7.49. The van der Waals surface area contributed by atoms with Gasteiger partial charge < -0.3 is 10.2 Å². The van der Waals surface area contributed by atoms with Crippen LogP contribution in [0.3, 0.4) is 0 Å². The Hall–Kier alpha value is -1.69. The fraction of sp³-hybridized carbons (Fsp3) is 0.647. The highest BCUT2D eigenvalue weighted by molar-refractivity contribution is 5.52. The van der Waals surface area contributed by atoms with E-state index in [1.807, 2.05) is 4.90 Å². The number of nitro groups is 1. The predicted octanol–water partition coefficient (Wildman–Crippen LogP) is 2.95. The van der Waals surface area contributed by atoms with E-state index in [9.17, 15) is 14.5 Å². The molecular formula is C17H22FN3O2. The van der Waals surface area contributed by atoms with Crippen LogP contribution in [0.1, 0.15) is 25.7 Å². The topological polar surface area (TPSA) is 58.4 Å². The Morgan fingerprint density at radius 2 is 1.91 bits per heavy atom. The molecule has 2 saturated heterocycles. The van der Waals surface area contributed by atoms with Crippen LogP contribution in [0.2, 0.25) is 0 Å². The maximum absolute atomic E-state index is 14.1. The predicted molar refractivity (Wildman–Crippen MR) is 86.0 cm³/mol. The average Bonchev–Trinajstić information content (AvgIpc) is 2.45. The van der Waals surface area contributed by atoms with Gasteiger partial charge in [-0.05, 0) is 49.0 Å². The smallest absolute Gasteiger partial charge is 0.272 e. The highest BCUT2D eigenvalue weighted by Gasteiger charge is 2.50. The summed E-state index contributed by atoms with van der Waals surface area (Å²) in [4.78, 5) is 12.2. The zero-order chi connectivity index (χ0) is 16.0. The molecule has 0 bridgehead atoms. The molecule has 124 valence electrons. The minimum Gasteiger partial charge on any atom is -0.369 e. The Balaban J connectivity index is 1.35. The Labute approximate surface area is 135 Å². The van der Waals surface area contributed by atoms with Crippen LogP contribution in [0.5, 0.6) is 0 Å². The van der Waals surface area contributed by atoms with Crippen molar-refractivity contribution in [2.45, 2.75) is 25.7 Å². The van der Waals surface area contributed by atoms with Gasteiger partial charge in [-0.1, -0.05) is 0 Å². The maximum atomic E-state index is 14.1. The van der Waals surface area contributed by atoms with Crippen molar-refractivity contribution in [2.24, 2.45) is 17.3 Å². The molecule has 1 aromatic rings. The minimum atomic E-state index is -0.555. The van der Waals surface area contributed by atoms with E-state index < -0.39 is 10.7 Å². The molecule has 1 aromatic carbocycles. The van der Waals surface area contributed by atoms with E-state index in [1.165, 1.54) is 32.0 Å². The van der Waals surface area contributed by atoms with E-state index in [-0.39, 0.29) is 5.69 Å². The van der Waals surface area contributed by atoms with Crippen LogP contribution in [-0.2, 0) is 0 Å². The number of nitrogens with zero attached hydrogens (tertiary/aromatic N) is 2. The molecule has 2 heterocycles. The highest BCUT2D eigenvalue weighted by atomic mass is 19.1. The zero-order valence-corrected chi connectivity index (χ0v) is 13.1. The van der Waals surface area contributed by atoms with E-state index in [0.717, 1.165) is 43.8 Å². The third kappa shape index (κ3) is 2.59. The normalized spacial score (nSPS) is 24.3. The van der Waals surface area contributed by atoms with Crippen molar-refractivity contribution in [1.82, 2.24) is 5.32 Å². The second kappa shape index (κ2) is 5.44. The fourth-order valence-electron chi connectivity index (χ4n) is 4.63. The monoisotopic (exact) mass is 319 g/mol. The lowest BCUT2D eigenvalue weighted by atomic mass is 9.54. The Bertz CT molecular complexity index is 616. The summed E-state index contributed by atoms with van der Waals surface area (Å²) in [5.41, 5.74) is 0.934. The summed E-state index contributed by atoms with van der Waals surface area (Å²) in [5, 5.41) is 14.1. The molecule has 4 rings (SSSR count). The van der Waals surface area contributed by atoms with Gasteiger partial charge in [-0.3, -0.25) is 10.1 Å². The summed E-state index contributed by atoms with van der Waals surface area (Å²) >= 11 is 0. The maximum Gasteiger partial charge on any atom is 0.272 e. The van der Waals surface area contributed by atoms with Crippen LogP contribution in [0.25, 0.3) is 0 Å². The number of nitro benzene ring substituents is 1. The molecule has 3 aliphatic rings. The second-order valence-corrected chi connectivity index (χ2v) is 7.49. The first-order chi connectivity index (χ1) is 11.1. The van der Waals surface area contributed by atoms with Crippen molar-refractivity contribution in [3.63, 3.8) is 0 Å². The van der Waals surface area contributed by atoms with Gasteiger partial charge in [0, 0.05) is 32.2 Å². The highest BCUT2D eigenvalue weighted by Crippen LogP contribution is 2.53. The van der Waals surface area contributed by atoms with Gasteiger partial charge in [0.1, 0.15) is 0 Å². The number of halogens is 1. The van der Waals surface area contributed by atoms with Gasteiger partial charge in [0.15, 0.2) is 5.82 Å². The summed E-state index contributed by atoms with van der Waals surface area (Å²) in [7, 11) is 0. The van der Waals surface area contributed by atoms with Crippen molar-refractivity contribution in [1.29, 1.82) is 0 Å². The number of hydrogen-bond acceptors (Lipinski definition) is 4. The van der Waals surface area contributed by atoms with E-state index >= 15 is 0 Å². The van der Waals surface area contributed by atoms with Gasteiger partial charge >= 0.3 is 0 Å². The van der Waals surface area contributed by atoms with Crippen molar-refractivity contribution >= 4 is 11.4 Å². The lowest BCUT2D eigenvalue weighted by Crippen LogP contribution is -2.61. The third-order valence-electron chi connectivity index (χ3n) is 6.08. The summed E-state index contributed by atoms with van der Waals surface area (Å²) in [6, 6.07) is 3.97. The quantitative estimate of drug-likeness (QED) is 0.687. The first-order valence-corrected chi connectivity index (χ1v) is 8.46. The van der Waals surface area contributed by atoms with Crippen LogP contribution in [0.15, 0.2) is 18.2 Å². The van der Waals surface area contributed by atoms with Crippen molar-refractivity contribution in [3.8, 4) is 0 Å². The number of nitrogens with one attached hydrogen (secondary N) is 1. The minimum absolute atomic E-state index is 0.185. The van der Waals surface area contributed by atoms with Crippen LogP contribution >= 0.6 is 0 Å². The first kappa shape index (κ1) is 14.9. The average molecular weight is 319 g/mol. The number of piperidine rings is 1. The number of non-ortho nitro benzene ring substituents is 1. The summed E-state index contributed by atoms with van der Waals surface area (Å²) in [6.45, 7) is 4.08. The molecule has 1 aliphatic carbocycles. The van der Waals surface area contributed by atoms with Crippen molar-refractivity contribution in [3.05, 3.63) is 34.1 Å². The molecule has 1 spiro atoms. The largest absolute Gasteiger partial charge is 0.369 e. The number of benzene rings is 1. The molecule has 0 atom stereocenters. The molecule has 23 heavy (non-hydrogen) atoms. The first-order valence-electron chi connectivity index (χ1n) is 8.46. The van der Waals surface area contributed by atoms with Gasteiger partial charge in [-0.2, -0.15) is 0 Å². The van der Waals surface area contributed by atoms with E-state index in [0.29, 0.717) is 11.1 Å². The van der Waals surface area contributed by atoms with Gasteiger partial charge in [-0.15, -0.1) is 0 Å². The van der Waals surface area contributed by atoms with Crippen LogP contribution in [0, 0.1) is 33.2 Å². The van der Waals surface area contributed by atoms with Gasteiger partial charge in [0.25, 0.3) is 5.69 Å². The van der Waals surface area contributed by atoms with Crippen molar-refractivity contribution < 1.29 is 9.31 Å². The molecule has 2 aliphatic heterocycles. The molecule has 1 N–H and O–H groups in total. The number of rotatable bonds is 3. The lowest BCUT2D eigenvalue weighted by molar-refractivity contribution is -0.385. The van der Waals surface area contributed by atoms with Crippen LogP contribution in [-0.4, -0.2) is 31.1 Å². The number of hydrogen-bond donors (Lipinski definition) is 1. The summed E-state index contributed by atoms with van der Waals surface area (Å²) in [6.07, 6.45) is 4.92. The van der Waals surface area contributed by atoms with Crippen LogP contribution in [0.4, 0.5) is 15.8 Å². The molecule has 5 nitrogen and oxygen atoms in total. The lowest BCUT2D eigenvalue weighted by Gasteiger charge is -2.57. The molecular weight excluding hydrogens is 297 g/mol.